The Morgan fingerprint density at radius 3 is 1.38 bits per heavy atom. The van der Waals surface area contributed by atoms with Crippen LogP contribution in [-0.2, 0) is 13.1 Å². The van der Waals surface area contributed by atoms with Gasteiger partial charge in [-0.2, -0.15) is 0 Å². The van der Waals surface area contributed by atoms with Gasteiger partial charge in [-0.05, 0) is 24.2 Å². The van der Waals surface area contributed by atoms with Crippen molar-refractivity contribution in [3.63, 3.8) is 0 Å². The van der Waals surface area contributed by atoms with Gasteiger partial charge in [0.15, 0.2) is 0 Å². The van der Waals surface area contributed by atoms with E-state index >= 15 is 0 Å². The van der Waals surface area contributed by atoms with Gasteiger partial charge >= 0.3 is 0 Å². The van der Waals surface area contributed by atoms with Crippen LogP contribution in [0, 0.1) is 0 Å². The smallest absolute Gasteiger partial charge is 0.0234 e. The van der Waals surface area contributed by atoms with E-state index in [9.17, 15) is 0 Å². The molecular formula is C20H34N4. The van der Waals surface area contributed by atoms with Crippen molar-refractivity contribution in [2.75, 3.05) is 65.4 Å². The van der Waals surface area contributed by atoms with Crippen LogP contribution in [0.15, 0.2) is 24.3 Å². The first-order chi connectivity index (χ1) is 11.8. The molecule has 2 fully saturated rings. The molecule has 134 valence electrons. The molecule has 0 amide bonds. The van der Waals surface area contributed by atoms with E-state index in [0.29, 0.717) is 0 Å². The van der Waals surface area contributed by atoms with Crippen molar-refractivity contribution in [2.24, 2.45) is 0 Å². The molecule has 0 aromatic heterocycles. The van der Waals surface area contributed by atoms with Crippen LogP contribution in [0.4, 0.5) is 0 Å². The van der Waals surface area contributed by atoms with Gasteiger partial charge < -0.3 is 9.80 Å². The lowest BCUT2D eigenvalue weighted by atomic mass is 10.1. The molecule has 1 aromatic carbocycles. The SMILES string of the molecule is CCN1CCN(Cc2cccc(CN3CCN(CC)CC3)c2)CC1. The molecule has 4 nitrogen and oxygen atoms in total. The summed E-state index contributed by atoms with van der Waals surface area (Å²) in [5.74, 6) is 0. The highest BCUT2D eigenvalue weighted by Gasteiger charge is 2.17. The number of hydrogen-bond donors (Lipinski definition) is 0. The monoisotopic (exact) mass is 330 g/mol. The maximum Gasteiger partial charge on any atom is 0.0234 e. The first kappa shape index (κ1) is 17.9. The predicted octanol–water partition coefficient (Wildman–Crippen LogP) is 1.96. The van der Waals surface area contributed by atoms with Crippen molar-refractivity contribution in [2.45, 2.75) is 26.9 Å². The van der Waals surface area contributed by atoms with Crippen LogP contribution >= 0.6 is 0 Å². The number of likely N-dealkylation sites (N-methyl/N-ethyl adjacent to an activating group) is 2. The number of piperazine rings is 2. The summed E-state index contributed by atoms with van der Waals surface area (Å²) < 4.78 is 0. The highest BCUT2D eigenvalue weighted by atomic mass is 15.3. The molecule has 2 aliphatic rings. The third-order valence-electron chi connectivity index (χ3n) is 5.63. The molecule has 2 heterocycles. The highest BCUT2D eigenvalue weighted by molar-refractivity contribution is 5.23. The standard InChI is InChI=1S/C20H34N4/c1-3-21-8-12-23(13-9-21)17-19-6-5-7-20(16-19)18-24-14-10-22(4-2)11-15-24/h5-7,16H,3-4,8-15,17-18H2,1-2H3. The van der Waals surface area contributed by atoms with Gasteiger partial charge in [0.1, 0.15) is 0 Å². The fourth-order valence-corrected chi connectivity index (χ4v) is 3.87. The van der Waals surface area contributed by atoms with Gasteiger partial charge in [-0.15, -0.1) is 0 Å². The number of rotatable bonds is 6. The Kier molecular flexibility index (Phi) is 6.67. The van der Waals surface area contributed by atoms with Crippen molar-refractivity contribution in [1.29, 1.82) is 0 Å². The van der Waals surface area contributed by atoms with E-state index < -0.39 is 0 Å². The van der Waals surface area contributed by atoms with Crippen LogP contribution in [0.25, 0.3) is 0 Å². The molecule has 0 saturated carbocycles. The minimum atomic E-state index is 1.11. The maximum atomic E-state index is 2.60. The molecule has 0 radical (unpaired) electrons. The predicted molar refractivity (Wildman–Crippen MR) is 101 cm³/mol. The summed E-state index contributed by atoms with van der Waals surface area (Å²) in [6.45, 7) is 18.8. The largest absolute Gasteiger partial charge is 0.301 e. The van der Waals surface area contributed by atoms with E-state index in [0.717, 1.165) is 13.1 Å². The number of nitrogens with zero attached hydrogens (tertiary/aromatic N) is 4. The van der Waals surface area contributed by atoms with Crippen LogP contribution in [0.2, 0.25) is 0 Å². The van der Waals surface area contributed by atoms with Crippen LogP contribution in [0.3, 0.4) is 0 Å². The molecule has 0 N–H and O–H groups in total. The second-order valence-corrected chi connectivity index (χ2v) is 7.24. The lowest BCUT2D eigenvalue weighted by molar-refractivity contribution is 0.130. The van der Waals surface area contributed by atoms with Crippen LogP contribution in [0.5, 0.6) is 0 Å². The van der Waals surface area contributed by atoms with E-state index in [2.05, 4.69) is 57.7 Å². The first-order valence-corrected chi connectivity index (χ1v) is 9.74. The molecule has 24 heavy (non-hydrogen) atoms. The summed E-state index contributed by atoms with van der Waals surface area (Å²) in [5.41, 5.74) is 2.95. The first-order valence-electron chi connectivity index (χ1n) is 9.74. The summed E-state index contributed by atoms with van der Waals surface area (Å²) in [5, 5.41) is 0. The van der Waals surface area contributed by atoms with Gasteiger partial charge in [0.05, 0.1) is 0 Å². The van der Waals surface area contributed by atoms with Crippen LogP contribution < -0.4 is 0 Å². The Bertz CT molecular complexity index is 447. The normalized spacial score (nSPS) is 22.1. The van der Waals surface area contributed by atoms with Crippen LogP contribution in [-0.4, -0.2) is 85.0 Å². The van der Waals surface area contributed by atoms with E-state index in [1.54, 1.807) is 0 Å². The molecule has 2 saturated heterocycles. The minimum Gasteiger partial charge on any atom is -0.301 e. The van der Waals surface area contributed by atoms with E-state index in [1.165, 1.54) is 76.6 Å². The number of hydrogen-bond acceptors (Lipinski definition) is 4. The Labute approximate surface area is 148 Å². The van der Waals surface area contributed by atoms with Crippen molar-refractivity contribution >= 4 is 0 Å². The minimum absolute atomic E-state index is 1.11. The Morgan fingerprint density at radius 2 is 1.00 bits per heavy atom. The van der Waals surface area contributed by atoms with Gasteiger partial charge in [0, 0.05) is 65.4 Å². The van der Waals surface area contributed by atoms with E-state index in [-0.39, 0.29) is 0 Å². The third kappa shape index (κ3) is 5.03. The van der Waals surface area contributed by atoms with Crippen LogP contribution in [0.1, 0.15) is 25.0 Å². The molecular weight excluding hydrogens is 296 g/mol. The summed E-state index contributed by atoms with van der Waals surface area (Å²) in [7, 11) is 0. The lowest BCUT2D eigenvalue weighted by Gasteiger charge is -2.34. The molecule has 0 atom stereocenters. The number of benzene rings is 1. The lowest BCUT2D eigenvalue weighted by Crippen LogP contribution is -2.45. The molecule has 0 spiro atoms. The Hall–Kier alpha value is -0.940. The summed E-state index contributed by atoms with van der Waals surface area (Å²) in [6.07, 6.45) is 0. The molecule has 4 heteroatoms. The second-order valence-electron chi connectivity index (χ2n) is 7.24. The van der Waals surface area contributed by atoms with Gasteiger partial charge in [0.25, 0.3) is 0 Å². The van der Waals surface area contributed by atoms with Gasteiger partial charge in [-0.3, -0.25) is 9.80 Å². The molecule has 0 aliphatic carbocycles. The van der Waals surface area contributed by atoms with Crippen molar-refractivity contribution in [3.05, 3.63) is 35.4 Å². The van der Waals surface area contributed by atoms with Crippen molar-refractivity contribution in [1.82, 2.24) is 19.6 Å². The zero-order chi connectivity index (χ0) is 16.8. The highest BCUT2D eigenvalue weighted by Crippen LogP contribution is 2.13. The zero-order valence-electron chi connectivity index (χ0n) is 15.6. The summed E-state index contributed by atoms with van der Waals surface area (Å²) in [6, 6.07) is 9.27. The second kappa shape index (κ2) is 8.95. The third-order valence-corrected chi connectivity index (χ3v) is 5.63. The fourth-order valence-electron chi connectivity index (χ4n) is 3.87. The zero-order valence-corrected chi connectivity index (χ0v) is 15.6. The van der Waals surface area contributed by atoms with Gasteiger partial charge in [-0.25, -0.2) is 0 Å². The summed E-state index contributed by atoms with van der Waals surface area (Å²) >= 11 is 0. The molecule has 2 aliphatic heterocycles. The maximum absolute atomic E-state index is 2.60. The Morgan fingerprint density at radius 1 is 0.625 bits per heavy atom. The van der Waals surface area contributed by atoms with Gasteiger partial charge in [0.2, 0.25) is 0 Å². The van der Waals surface area contributed by atoms with Gasteiger partial charge in [-0.1, -0.05) is 38.1 Å². The average molecular weight is 331 g/mol. The molecule has 1 aromatic rings. The average Bonchev–Trinajstić information content (AvgIpc) is 2.63. The molecule has 0 bridgehead atoms. The topological polar surface area (TPSA) is 13.0 Å². The quantitative estimate of drug-likeness (QED) is 0.790. The van der Waals surface area contributed by atoms with E-state index in [1.807, 2.05) is 0 Å². The fraction of sp³-hybridized carbons (Fsp3) is 0.700. The molecule has 3 rings (SSSR count). The Balaban J connectivity index is 1.49. The molecule has 0 unspecified atom stereocenters. The van der Waals surface area contributed by atoms with E-state index in [4.69, 9.17) is 0 Å². The van der Waals surface area contributed by atoms with Crippen molar-refractivity contribution in [3.8, 4) is 0 Å². The summed E-state index contributed by atoms with van der Waals surface area (Å²) in [4.78, 5) is 10.3. The van der Waals surface area contributed by atoms with Crippen molar-refractivity contribution < 1.29 is 0 Å².